The number of fused-ring (bicyclic) bond motifs is 9. The van der Waals surface area contributed by atoms with Gasteiger partial charge in [0.05, 0.1) is 49.7 Å². The van der Waals surface area contributed by atoms with E-state index in [2.05, 4.69) is 27.3 Å². The fourth-order valence-electron chi connectivity index (χ4n) is 12.1. The van der Waals surface area contributed by atoms with Gasteiger partial charge in [0, 0.05) is 52.7 Å². The SMILES string of the molecule is COc1cc2c(cc1O)CCN[C@]21CS[C@@H]2c3c(OC(=O)/C=C/c4ccccc4)c(C)c4c(c3[C@H](COC1=O)N1C2[C@H]2c3c(cc(C)c(OC)c3OC(=O)/C=C/c3ccccc3)C3[C@@H]([C@@H]1C#N)N32)OCO4. The normalized spacial score (nSPS) is 27.2. The van der Waals surface area contributed by atoms with Crippen molar-refractivity contribution in [1.29, 1.82) is 5.26 Å². The van der Waals surface area contributed by atoms with Gasteiger partial charge >= 0.3 is 17.9 Å². The van der Waals surface area contributed by atoms with Crippen LogP contribution in [0, 0.1) is 25.2 Å². The Morgan fingerprint density at radius 2 is 1.52 bits per heavy atom. The highest BCUT2D eigenvalue weighted by Crippen LogP contribution is 2.72. The molecule has 8 aliphatic heterocycles. The van der Waals surface area contributed by atoms with E-state index < -0.39 is 52.9 Å². The van der Waals surface area contributed by atoms with Crippen molar-refractivity contribution >= 4 is 41.8 Å². The summed E-state index contributed by atoms with van der Waals surface area (Å²) >= 11 is 1.47. The minimum atomic E-state index is -1.43. The number of nitriles is 1. The number of nitrogens with one attached hydrogen (secondary N) is 1. The molecule has 0 aromatic heterocycles. The Bertz CT molecular complexity index is 3180. The number of piperazine rings is 1. The Hall–Kier alpha value is -7.29. The number of phenolic OH excluding ortho intramolecular Hbond substituents is 1. The maximum atomic E-state index is 15.1. The van der Waals surface area contributed by atoms with E-state index in [0.29, 0.717) is 52.5 Å². The molecule has 8 aliphatic rings. The minimum absolute atomic E-state index is 0.0444. The summed E-state index contributed by atoms with van der Waals surface area (Å²) in [5.74, 6) is 0.275. The largest absolute Gasteiger partial charge is 0.504 e. The molecule has 2 bridgehead atoms. The van der Waals surface area contributed by atoms with Crippen molar-refractivity contribution in [3.05, 3.63) is 147 Å². The predicted molar refractivity (Wildman–Crippen MR) is 260 cm³/mol. The zero-order valence-electron chi connectivity index (χ0n) is 39.2. The van der Waals surface area contributed by atoms with E-state index in [1.54, 1.807) is 31.4 Å². The summed E-state index contributed by atoms with van der Waals surface area (Å²) in [5.41, 5.74) is 5.81. The van der Waals surface area contributed by atoms with Crippen LogP contribution in [0.2, 0.25) is 0 Å². The van der Waals surface area contributed by atoms with Crippen molar-refractivity contribution in [3.8, 4) is 46.3 Å². The fraction of sp³-hybridized carbons (Fsp3) is 0.309. The number of thioether (sulfide) groups is 1. The second-order valence-electron chi connectivity index (χ2n) is 18.7. The van der Waals surface area contributed by atoms with Gasteiger partial charge in [-0.1, -0.05) is 66.7 Å². The summed E-state index contributed by atoms with van der Waals surface area (Å²) < 4.78 is 43.8. The second kappa shape index (κ2) is 17.2. The molecular weight excluding hydrogens is 925 g/mol. The molecule has 5 aromatic carbocycles. The van der Waals surface area contributed by atoms with Crippen LogP contribution < -0.4 is 33.7 Å². The van der Waals surface area contributed by atoms with E-state index in [4.69, 9.17) is 33.2 Å². The van der Waals surface area contributed by atoms with Gasteiger partial charge in [-0.05, 0) is 77.9 Å². The third kappa shape index (κ3) is 6.92. The van der Waals surface area contributed by atoms with Crippen LogP contribution in [0.25, 0.3) is 12.2 Å². The van der Waals surface area contributed by atoms with Gasteiger partial charge in [0.15, 0.2) is 40.0 Å². The van der Waals surface area contributed by atoms with Crippen LogP contribution in [0.15, 0.2) is 91.0 Å². The van der Waals surface area contributed by atoms with Crippen LogP contribution in [0.1, 0.15) is 79.0 Å². The van der Waals surface area contributed by atoms with Crippen molar-refractivity contribution in [1.82, 2.24) is 15.1 Å². The molecular formula is C55H48N4O11S. The standard InChI is InChI=1S/C55H48N4O11S/c1-28-21-33-41(52(48(28)65-4)70-40(62)18-16-31-13-9-6-10-14-31)46-47-53-43-42(51-50(67-27-68-51)29(2)49(43)69-39(61)17-15-30-11-7-5-8-12-30)36(58(47)35(24-56)45-44(33)59(45)46)25-66-54(63)55(26-71-53)34-23-38(64-3)37(60)22-32(34)19-20-57-55/h5-18,21-23,35-36,44-47,53,57,60H,19-20,25-27H2,1-4H3/b17-15+,18-16+/t35-,36-,44?,45+,46+,47?,53+,55+,59?/m0/s1. The molecule has 3 fully saturated rings. The first kappa shape index (κ1) is 44.9. The third-order valence-corrected chi connectivity index (χ3v) is 16.5. The number of hydrogen-bond donors (Lipinski definition) is 2. The van der Waals surface area contributed by atoms with Crippen molar-refractivity contribution in [3.63, 3.8) is 0 Å². The van der Waals surface area contributed by atoms with Crippen LogP contribution in [-0.4, -0.2) is 90.9 Å². The Labute approximate surface area is 413 Å². The smallest absolute Gasteiger partial charge is 0.336 e. The van der Waals surface area contributed by atoms with E-state index >= 15 is 4.79 Å². The molecule has 13 rings (SSSR count). The summed E-state index contributed by atoms with van der Waals surface area (Å²) in [6.45, 7) is 3.81. The molecule has 5 aromatic rings. The van der Waals surface area contributed by atoms with Gasteiger partial charge in [-0.25, -0.2) is 14.4 Å². The Morgan fingerprint density at radius 3 is 2.20 bits per heavy atom. The van der Waals surface area contributed by atoms with Gasteiger partial charge in [0.1, 0.15) is 18.4 Å². The zero-order valence-corrected chi connectivity index (χ0v) is 40.0. The summed E-state index contributed by atoms with van der Waals surface area (Å²) in [7, 11) is 3.01. The second-order valence-corrected chi connectivity index (χ2v) is 19.8. The van der Waals surface area contributed by atoms with E-state index in [-0.39, 0.29) is 54.2 Å². The number of benzene rings is 5. The Balaban J connectivity index is 1.07. The lowest BCUT2D eigenvalue weighted by Crippen LogP contribution is -2.62. The number of aromatic hydroxyl groups is 1. The lowest BCUT2D eigenvalue weighted by molar-refractivity contribution is -0.155. The van der Waals surface area contributed by atoms with Crippen LogP contribution in [-0.2, 0) is 31.1 Å². The Morgan fingerprint density at radius 1 is 0.831 bits per heavy atom. The molecule has 360 valence electrons. The number of aryl methyl sites for hydroxylation is 1. The molecule has 15 nitrogen and oxygen atoms in total. The molecule has 8 heterocycles. The molecule has 2 N–H and O–H groups in total. The van der Waals surface area contributed by atoms with Gasteiger partial charge in [-0.2, -0.15) is 5.26 Å². The van der Waals surface area contributed by atoms with Crippen molar-refractivity contribution in [2.24, 2.45) is 0 Å². The highest BCUT2D eigenvalue weighted by molar-refractivity contribution is 7.99. The molecule has 3 unspecified atom stereocenters. The number of methoxy groups -OCH3 is 2. The quantitative estimate of drug-likeness (QED) is 0.0677. The van der Waals surface area contributed by atoms with Gasteiger partial charge < -0.3 is 38.3 Å². The van der Waals surface area contributed by atoms with Crippen LogP contribution in [0.3, 0.4) is 0 Å². The van der Waals surface area contributed by atoms with Crippen molar-refractivity contribution in [2.75, 3.05) is 39.9 Å². The molecule has 0 amide bonds. The lowest BCUT2D eigenvalue weighted by Gasteiger charge is -2.55. The average molecular weight is 973 g/mol. The van der Waals surface area contributed by atoms with Crippen LogP contribution in [0.4, 0.5) is 0 Å². The van der Waals surface area contributed by atoms with Crippen LogP contribution >= 0.6 is 11.8 Å². The summed E-state index contributed by atoms with van der Waals surface area (Å²) in [5, 5.41) is 25.2. The maximum Gasteiger partial charge on any atom is 0.336 e. The van der Waals surface area contributed by atoms with E-state index in [9.17, 15) is 20.0 Å². The highest BCUT2D eigenvalue weighted by atomic mass is 32.2. The summed E-state index contributed by atoms with van der Waals surface area (Å²) in [6, 6.07) is 23.8. The van der Waals surface area contributed by atoms with Gasteiger partial charge in [-0.15, -0.1) is 11.8 Å². The van der Waals surface area contributed by atoms with Crippen molar-refractivity contribution < 1.29 is 52.6 Å². The van der Waals surface area contributed by atoms with Gasteiger partial charge in [0.2, 0.25) is 6.79 Å². The fourth-order valence-corrected chi connectivity index (χ4v) is 13.8. The van der Waals surface area contributed by atoms with E-state index in [0.717, 1.165) is 33.4 Å². The number of esters is 3. The summed E-state index contributed by atoms with van der Waals surface area (Å²) in [6.07, 6.45) is 6.70. The zero-order chi connectivity index (χ0) is 48.9. The van der Waals surface area contributed by atoms with Gasteiger partial charge in [0.25, 0.3) is 0 Å². The first-order chi connectivity index (χ1) is 34.6. The number of rotatable bonds is 8. The molecule has 9 atom stereocenters. The van der Waals surface area contributed by atoms with E-state index in [1.807, 2.05) is 74.5 Å². The molecule has 3 saturated heterocycles. The molecule has 71 heavy (non-hydrogen) atoms. The number of carbonyl (C=O) groups excluding carboxylic acids is 3. The first-order valence-corrected chi connectivity index (χ1v) is 24.6. The first-order valence-electron chi connectivity index (χ1n) is 23.5. The summed E-state index contributed by atoms with van der Waals surface area (Å²) in [4.78, 5) is 47.8. The predicted octanol–water partition coefficient (Wildman–Crippen LogP) is 7.48. The topological polar surface area (TPSA) is 178 Å². The van der Waals surface area contributed by atoms with Crippen LogP contribution in [0.5, 0.6) is 40.2 Å². The molecule has 0 aliphatic carbocycles. The monoisotopic (exact) mass is 972 g/mol. The molecule has 0 radical (unpaired) electrons. The molecule has 1 spiro atoms. The maximum absolute atomic E-state index is 15.1. The Kier molecular flexibility index (Phi) is 10.9. The number of nitrogens with zero attached hydrogens (tertiary/aromatic N) is 3. The number of carbonyl (C=O) groups is 3. The number of hydrogen-bond acceptors (Lipinski definition) is 16. The van der Waals surface area contributed by atoms with E-state index in [1.165, 1.54) is 31.0 Å². The average Bonchev–Trinajstić information content (AvgIpc) is 3.73. The minimum Gasteiger partial charge on any atom is -0.504 e. The van der Waals surface area contributed by atoms with Crippen molar-refractivity contribution in [2.45, 2.75) is 67.3 Å². The van der Waals surface area contributed by atoms with Gasteiger partial charge in [-0.3, -0.25) is 15.1 Å². The molecule has 16 heteroatoms. The highest BCUT2D eigenvalue weighted by Gasteiger charge is 2.73. The number of ether oxygens (including phenoxy) is 7. The lowest BCUT2D eigenvalue weighted by atomic mass is 9.76. The molecule has 0 saturated carbocycles. The number of phenols is 1. The third-order valence-electron chi connectivity index (χ3n) is 15.1.